The second-order valence-corrected chi connectivity index (χ2v) is 6.09. The SMILES string of the molecule is NCCCOc1cccc(-c2nc3ccc(-c4ccccc4)cc3o2)c1. The van der Waals surface area contributed by atoms with Crippen molar-refractivity contribution in [3.63, 3.8) is 0 Å². The largest absolute Gasteiger partial charge is 0.494 e. The van der Waals surface area contributed by atoms with Gasteiger partial charge < -0.3 is 14.9 Å². The molecule has 0 bridgehead atoms. The number of hydrogen-bond donors (Lipinski definition) is 1. The first-order valence-electron chi connectivity index (χ1n) is 8.73. The van der Waals surface area contributed by atoms with Gasteiger partial charge in [0.05, 0.1) is 6.61 Å². The highest BCUT2D eigenvalue weighted by Gasteiger charge is 2.10. The van der Waals surface area contributed by atoms with E-state index in [1.165, 1.54) is 0 Å². The van der Waals surface area contributed by atoms with Gasteiger partial charge in [-0.05, 0) is 54.4 Å². The van der Waals surface area contributed by atoms with Crippen molar-refractivity contribution < 1.29 is 9.15 Å². The number of oxazole rings is 1. The lowest BCUT2D eigenvalue weighted by atomic mass is 10.1. The molecule has 0 spiro atoms. The van der Waals surface area contributed by atoms with E-state index in [9.17, 15) is 0 Å². The predicted molar refractivity (Wildman–Crippen MR) is 104 cm³/mol. The number of nitrogens with two attached hydrogens (primary N) is 1. The van der Waals surface area contributed by atoms with Crippen molar-refractivity contribution in [1.29, 1.82) is 0 Å². The monoisotopic (exact) mass is 344 g/mol. The van der Waals surface area contributed by atoms with Gasteiger partial charge in [0.15, 0.2) is 5.58 Å². The molecular formula is C22H20N2O2. The van der Waals surface area contributed by atoms with Gasteiger partial charge in [0.25, 0.3) is 0 Å². The van der Waals surface area contributed by atoms with Gasteiger partial charge in [-0.3, -0.25) is 0 Å². The molecule has 0 fully saturated rings. The Morgan fingerprint density at radius 2 is 1.69 bits per heavy atom. The summed E-state index contributed by atoms with van der Waals surface area (Å²) >= 11 is 0. The molecule has 0 amide bonds. The molecule has 3 aromatic carbocycles. The number of benzene rings is 3. The van der Waals surface area contributed by atoms with E-state index in [4.69, 9.17) is 14.9 Å². The van der Waals surface area contributed by atoms with Gasteiger partial charge in [0.2, 0.25) is 5.89 Å². The minimum atomic E-state index is 0.592. The number of aromatic nitrogens is 1. The predicted octanol–water partition coefficient (Wildman–Crippen LogP) is 4.89. The number of rotatable bonds is 6. The van der Waals surface area contributed by atoms with E-state index >= 15 is 0 Å². The molecule has 26 heavy (non-hydrogen) atoms. The third-order valence-electron chi connectivity index (χ3n) is 4.19. The lowest BCUT2D eigenvalue weighted by Gasteiger charge is -2.05. The minimum absolute atomic E-state index is 0.592. The van der Waals surface area contributed by atoms with E-state index in [1.807, 2.05) is 54.6 Å². The molecule has 0 aliphatic rings. The van der Waals surface area contributed by atoms with E-state index < -0.39 is 0 Å². The van der Waals surface area contributed by atoms with Gasteiger partial charge in [-0.15, -0.1) is 0 Å². The summed E-state index contributed by atoms with van der Waals surface area (Å²) in [7, 11) is 0. The molecule has 0 saturated carbocycles. The summed E-state index contributed by atoms with van der Waals surface area (Å²) in [5.74, 6) is 1.39. The van der Waals surface area contributed by atoms with Crippen LogP contribution in [0.2, 0.25) is 0 Å². The molecule has 0 radical (unpaired) electrons. The Bertz CT molecular complexity index is 1010. The van der Waals surface area contributed by atoms with Crippen LogP contribution < -0.4 is 10.5 Å². The fourth-order valence-electron chi connectivity index (χ4n) is 2.85. The zero-order valence-electron chi connectivity index (χ0n) is 14.4. The van der Waals surface area contributed by atoms with Crippen LogP contribution in [0.4, 0.5) is 0 Å². The van der Waals surface area contributed by atoms with Gasteiger partial charge >= 0.3 is 0 Å². The Morgan fingerprint density at radius 1 is 0.846 bits per heavy atom. The van der Waals surface area contributed by atoms with Gasteiger partial charge in [-0.2, -0.15) is 0 Å². The van der Waals surface area contributed by atoms with E-state index in [1.54, 1.807) is 0 Å². The van der Waals surface area contributed by atoms with Gasteiger partial charge in [0, 0.05) is 5.56 Å². The highest BCUT2D eigenvalue weighted by molar-refractivity contribution is 5.82. The Balaban J connectivity index is 1.64. The van der Waals surface area contributed by atoms with Crippen LogP contribution in [0.3, 0.4) is 0 Å². The number of fused-ring (bicyclic) bond motifs is 1. The van der Waals surface area contributed by atoms with E-state index in [0.717, 1.165) is 40.0 Å². The molecule has 2 N–H and O–H groups in total. The lowest BCUT2D eigenvalue weighted by Crippen LogP contribution is -2.06. The molecule has 4 aromatic rings. The highest BCUT2D eigenvalue weighted by Crippen LogP contribution is 2.30. The molecule has 4 heteroatoms. The number of ether oxygens (including phenoxy) is 1. The molecule has 1 aromatic heterocycles. The van der Waals surface area contributed by atoms with E-state index in [0.29, 0.717) is 19.0 Å². The average molecular weight is 344 g/mol. The van der Waals surface area contributed by atoms with Crippen LogP contribution in [-0.2, 0) is 0 Å². The quantitative estimate of drug-likeness (QED) is 0.506. The molecule has 130 valence electrons. The smallest absolute Gasteiger partial charge is 0.227 e. The van der Waals surface area contributed by atoms with Crippen molar-refractivity contribution in [1.82, 2.24) is 4.98 Å². The van der Waals surface area contributed by atoms with Gasteiger partial charge in [0.1, 0.15) is 11.3 Å². The summed E-state index contributed by atoms with van der Waals surface area (Å²) in [4.78, 5) is 4.61. The minimum Gasteiger partial charge on any atom is -0.494 e. The maximum absolute atomic E-state index is 6.01. The topological polar surface area (TPSA) is 61.3 Å². The summed E-state index contributed by atoms with van der Waals surface area (Å²) in [6.07, 6.45) is 0.829. The zero-order valence-corrected chi connectivity index (χ0v) is 14.4. The van der Waals surface area contributed by atoms with Crippen LogP contribution in [0, 0.1) is 0 Å². The first kappa shape index (κ1) is 16.4. The molecular weight excluding hydrogens is 324 g/mol. The molecule has 4 rings (SSSR count). The van der Waals surface area contributed by atoms with Crippen molar-refractivity contribution in [3.05, 3.63) is 72.8 Å². The van der Waals surface area contributed by atoms with Crippen molar-refractivity contribution in [2.75, 3.05) is 13.2 Å². The normalized spacial score (nSPS) is 11.0. The van der Waals surface area contributed by atoms with Crippen molar-refractivity contribution >= 4 is 11.1 Å². The summed E-state index contributed by atoms with van der Waals surface area (Å²) in [5, 5.41) is 0. The van der Waals surface area contributed by atoms with Crippen molar-refractivity contribution in [2.45, 2.75) is 6.42 Å². The lowest BCUT2D eigenvalue weighted by molar-refractivity contribution is 0.313. The summed E-state index contributed by atoms with van der Waals surface area (Å²) in [5.41, 5.74) is 10.3. The molecule has 0 aliphatic carbocycles. The van der Waals surface area contributed by atoms with Crippen LogP contribution >= 0.6 is 0 Å². The third-order valence-corrected chi connectivity index (χ3v) is 4.19. The summed E-state index contributed by atoms with van der Waals surface area (Å²) in [6.45, 7) is 1.22. The first-order chi connectivity index (χ1) is 12.8. The summed E-state index contributed by atoms with van der Waals surface area (Å²) < 4.78 is 11.7. The Hall–Kier alpha value is -3.11. The molecule has 0 saturated heterocycles. The summed E-state index contributed by atoms with van der Waals surface area (Å²) in [6, 6.07) is 24.1. The van der Waals surface area contributed by atoms with E-state index in [2.05, 4.69) is 23.2 Å². The van der Waals surface area contributed by atoms with Gasteiger partial charge in [-0.25, -0.2) is 4.98 Å². The van der Waals surface area contributed by atoms with E-state index in [-0.39, 0.29) is 0 Å². The van der Waals surface area contributed by atoms with Crippen LogP contribution in [0.15, 0.2) is 77.2 Å². The molecule has 0 atom stereocenters. The maximum Gasteiger partial charge on any atom is 0.227 e. The molecule has 0 aliphatic heterocycles. The fraction of sp³-hybridized carbons (Fsp3) is 0.136. The van der Waals surface area contributed by atoms with Crippen molar-refractivity contribution in [2.24, 2.45) is 5.73 Å². The average Bonchev–Trinajstić information content (AvgIpc) is 3.12. The highest BCUT2D eigenvalue weighted by atomic mass is 16.5. The second-order valence-electron chi connectivity index (χ2n) is 6.09. The Kier molecular flexibility index (Phi) is 4.67. The fourth-order valence-corrected chi connectivity index (χ4v) is 2.85. The number of hydrogen-bond acceptors (Lipinski definition) is 4. The number of nitrogens with zero attached hydrogens (tertiary/aromatic N) is 1. The first-order valence-corrected chi connectivity index (χ1v) is 8.73. The van der Waals surface area contributed by atoms with Crippen LogP contribution in [0.5, 0.6) is 5.75 Å². The Morgan fingerprint density at radius 3 is 2.54 bits per heavy atom. The van der Waals surface area contributed by atoms with Crippen LogP contribution in [0.1, 0.15) is 6.42 Å². The second kappa shape index (κ2) is 7.42. The third kappa shape index (κ3) is 3.46. The zero-order chi connectivity index (χ0) is 17.8. The van der Waals surface area contributed by atoms with Crippen LogP contribution in [-0.4, -0.2) is 18.1 Å². The molecule has 0 unspecified atom stereocenters. The van der Waals surface area contributed by atoms with Crippen molar-refractivity contribution in [3.8, 4) is 28.3 Å². The van der Waals surface area contributed by atoms with Crippen LogP contribution in [0.25, 0.3) is 33.7 Å². The molecule has 4 nitrogen and oxygen atoms in total. The maximum atomic E-state index is 6.01. The Labute approximate surface area is 152 Å². The molecule has 1 heterocycles. The van der Waals surface area contributed by atoms with Gasteiger partial charge in [-0.1, -0.05) is 42.5 Å². The standard InChI is InChI=1S/C22H20N2O2/c23-12-5-13-25-19-9-4-8-18(14-19)22-24-20-11-10-17(15-21(20)26-22)16-6-2-1-3-7-16/h1-4,6-11,14-15H,5,12-13,23H2.